The van der Waals surface area contributed by atoms with Crippen LogP contribution in [0.25, 0.3) is 11.1 Å². The summed E-state index contributed by atoms with van der Waals surface area (Å²) in [4.78, 5) is 61.6. The number of carbonyl (C=O) groups is 3. The van der Waals surface area contributed by atoms with Crippen molar-refractivity contribution >= 4 is 29.6 Å². The van der Waals surface area contributed by atoms with Gasteiger partial charge in [0.05, 0.1) is 26.3 Å². The Hall–Kier alpha value is -4.97. The van der Waals surface area contributed by atoms with E-state index < -0.39 is 0 Å². The highest BCUT2D eigenvalue weighted by Crippen LogP contribution is 2.39. The number of pyridine rings is 1. The van der Waals surface area contributed by atoms with Crippen LogP contribution in [0.2, 0.25) is 0 Å². The van der Waals surface area contributed by atoms with E-state index in [1.807, 2.05) is 18.3 Å². The summed E-state index contributed by atoms with van der Waals surface area (Å²) in [5.41, 5.74) is 7.44. The second kappa shape index (κ2) is 15.6. The molecule has 0 aliphatic carbocycles. The van der Waals surface area contributed by atoms with Gasteiger partial charge in [0.15, 0.2) is 0 Å². The molecule has 3 aromatic rings. The van der Waals surface area contributed by atoms with Crippen molar-refractivity contribution in [3.8, 4) is 22.6 Å². The Kier molecular flexibility index (Phi) is 10.9. The number of aliphatic imine (C=N–C) groups is 1. The van der Waals surface area contributed by atoms with Crippen LogP contribution >= 0.6 is 0 Å². The van der Waals surface area contributed by atoms with Gasteiger partial charge in [0, 0.05) is 105 Å². The Balaban J connectivity index is 0.947. The predicted molar refractivity (Wildman–Crippen MR) is 213 cm³/mol. The van der Waals surface area contributed by atoms with Crippen molar-refractivity contribution in [2.45, 2.75) is 77.9 Å². The number of imide groups is 1. The summed E-state index contributed by atoms with van der Waals surface area (Å²) in [5, 5.41) is 2.47. The van der Waals surface area contributed by atoms with Gasteiger partial charge in [-0.05, 0) is 87.3 Å². The average Bonchev–Trinajstić information content (AvgIpc) is 3.65. The zero-order valence-corrected chi connectivity index (χ0v) is 33.1. The number of nitrogens with one attached hydrogen (secondary N) is 1. The molecule has 4 aliphatic heterocycles. The molecule has 0 spiro atoms. The minimum Gasteiger partial charge on any atom is -0.496 e. The second-order valence-corrected chi connectivity index (χ2v) is 16.4. The summed E-state index contributed by atoms with van der Waals surface area (Å²) in [5.74, 6) is 1.50. The van der Waals surface area contributed by atoms with E-state index in [1.165, 1.54) is 11.3 Å². The maximum Gasteiger partial charge on any atom is 0.256 e. The number of piperazine rings is 1. The molecule has 0 bridgehead atoms. The summed E-state index contributed by atoms with van der Waals surface area (Å²) < 4.78 is 13.5. The van der Waals surface area contributed by atoms with Crippen LogP contribution in [0.3, 0.4) is 0 Å². The first kappa shape index (κ1) is 38.3. The maximum atomic E-state index is 13.9. The van der Waals surface area contributed by atoms with Crippen LogP contribution in [0, 0.1) is 18.8 Å². The number of piperidine rings is 2. The topological polar surface area (TPSA) is 126 Å². The van der Waals surface area contributed by atoms with E-state index >= 15 is 0 Å². The van der Waals surface area contributed by atoms with Gasteiger partial charge in [-0.1, -0.05) is 12.1 Å². The molecule has 3 saturated heterocycles. The lowest BCUT2D eigenvalue weighted by atomic mass is 9.89. The Morgan fingerprint density at radius 1 is 0.982 bits per heavy atom. The molecular formula is C43H54N6O6. The van der Waals surface area contributed by atoms with Gasteiger partial charge in [-0.25, -0.2) is 0 Å². The number of benzene rings is 2. The normalized spacial score (nSPS) is 20.1. The summed E-state index contributed by atoms with van der Waals surface area (Å²) >= 11 is 0. The van der Waals surface area contributed by atoms with Crippen LogP contribution in [-0.2, 0) is 40.9 Å². The van der Waals surface area contributed by atoms with Crippen molar-refractivity contribution in [1.82, 2.24) is 19.7 Å². The third-order valence-electron chi connectivity index (χ3n) is 12.1. The molecule has 1 atom stereocenters. The molecule has 1 N–H and O–H groups in total. The van der Waals surface area contributed by atoms with Gasteiger partial charge in [-0.3, -0.25) is 34.4 Å². The van der Waals surface area contributed by atoms with Crippen LogP contribution in [0.1, 0.15) is 73.8 Å². The maximum absolute atomic E-state index is 13.9. The average molecular weight is 751 g/mol. The van der Waals surface area contributed by atoms with Crippen LogP contribution < -0.4 is 25.2 Å². The van der Waals surface area contributed by atoms with Crippen LogP contribution in [-0.4, -0.2) is 90.8 Å². The fourth-order valence-corrected chi connectivity index (χ4v) is 9.10. The highest BCUT2D eigenvalue weighted by atomic mass is 16.5. The molecule has 7 rings (SSSR count). The van der Waals surface area contributed by atoms with Crippen LogP contribution in [0.4, 0.5) is 5.69 Å². The number of ether oxygens (including phenoxy) is 2. The number of carbonyl (C=O) groups excluding carboxylic acids is 3. The number of amides is 3. The molecule has 55 heavy (non-hydrogen) atoms. The zero-order valence-electron chi connectivity index (χ0n) is 33.1. The van der Waals surface area contributed by atoms with E-state index in [2.05, 4.69) is 64.0 Å². The fraction of sp³-hybridized carbons (Fsp3) is 0.512. The number of aromatic nitrogens is 1. The molecule has 12 heteroatoms. The summed E-state index contributed by atoms with van der Waals surface area (Å²) in [6.07, 6.45) is 7.76. The summed E-state index contributed by atoms with van der Waals surface area (Å²) in [6.45, 7) is 11.4. The molecule has 3 fully saturated rings. The minimum absolute atomic E-state index is 0.0309. The van der Waals surface area contributed by atoms with Crippen molar-refractivity contribution in [2.24, 2.45) is 23.9 Å². The van der Waals surface area contributed by atoms with Crippen molar-refractivity contribution in [1.29, 1.82) is 0 Å². The Bertz CT molecular complexity index is 2050. The van der Waals surface area contributed by atoms with E-state index in [0.29, 0.717) is 68.3 Å². The zero-order chi connectivity index (χ0) is 39.0. The molecule has 12 nitrogen and oxygen atoms in total. The van der Waals surface area contributed by atoms with Gasteiger partial charge in [0.1, 0.15) is 11.5 Å². The molecule has 3 amide bonds. The number of aryl methyl sites for hydroxylation is 2. The van der Waals surface area contributed by atoms with Crippen LogP contribution in [0.15, 0.2) is 46.3 Å². The smallest absolute Gasteiger partial charge is 0.256 e. The first-order valence-corrected chi connectivity index (χ1v) is 19.5. The fourth-order valence-electron chi connectivity index (χ4n) is 9.10. The van der Waals surface area contributed by atoms with E-state index in [0.717, 1.165) is 66.8 Å². The number of methoxy groups -OCH3 is 2. The molecule has 1 unspecified atom stereocenters. The highest BCUT2D eigenvalue weighted by molar-refractivity contribution is 5.98. The van der Waals surface area contributed by atoms with E-state index in [9.17, 15) is 19.2 Å². The second-order valence-electron chi connectivity index (χ2n) is 16.4. The van der Waals surface area contributed by atoms with Crippen molar-refractivity contribution < 1.29 is 23.9 Å². The summed E-state index contributed by atoms with van der Waals surface area (Å²) in [6, 6.07) is 10.5. The lowest BCUT2D eigenvalue weighted by Crippen LogP contribution is -2.61. The quantitative estimate of drug-likeness (QED) is 0.298. The lowest BCUT2D eigenvalue weighted by molar-refractivity contribution is -0.142. The lowest BCUT2D eigenvalue weighted by Gasteiger charge is -2.48. The Morgan fingerprint density at radius 3 is 2.36 bits per heavy atom. The standard InChI is InChI=1S/C43H54N6O6/c1-27-17-29(18-30-8-10-39(50)45-41(30)52)7-9-36(27)48-13-11-28(12-14-48)19-40(51)49-16-15-47(26-43(49,2)3)25-35-37(54-5)20-31(21-38(35)55-6)34-24-46(4)42(53)33-23-44-22-32(33)34/h7,9,17,20-22,24,28,30H,8,10-16,18-19,23,25-26H2,1-6H3,(H,45,50,52). The van der Waals surface area contributed by atoms with Gasteiger partial charge in [-0.15, -0.1) is 0 Å². The van der Waals surface area contributed by atoms with Gasteiger partial charge in [0.2, 0.25) is 17.7 Å². The number of hydrogen-bond acceptors (Lipinski definition) is 9. The third-order valence-corrected chi connectivity index (χ3v) is 12.1. The number of hydrogen-bond donors (Lipinski definition) is 1. The number of anilines is 1. The van der Waals surface area contributed by atoms with Crippen molar-refractivity contribution in [3.63, 3.8) is 0 Å². The SMILES string of the molecule is COc1cc(-c2cn(C)c(=O)c3c2C=NC3)cc(OC)c1CN1CCN(C(=O)CC2CCN(c3ccc(CC4CCC(=O)NC4=O)cc3C)CC2)C(C)(C)C1. The molecule has 0 saturated carbocycles. The number of nitrogens with zero attached hydrogens (tertiary/aromatic N) is 5. The molecule has 2 aromatic carbocycles. The van der Waals surface area contributed by atoms with E-state index in [1.54, 1.807) is 32.0 Å². The Morgan fingerprint density at radius 2 is 1.71 bits per heavy atom. The van der Waals surface area contributed by atoms with Crippen molar-refractivity contribution in [3.05, 3.63) is 74.7 Å². The monoisotopic (exact) mass is 750 g/mol. The number of rotatable bonds is 10. The summed E-state index contributed by atoms with van der Waals surface area (Å²) in [7, 11) is 5.10. The molecule has 1 aromatic heterocycles. The largest absolute Gasteiger partial charge is 0.496 e. The Labute approximate surface area is 323 Å². The third kappa shape index (κ3) is 7.92. The molecule has 0 radical (unpaired) electrons. The first-order valence-electron chi connectivity index (χ1n) is 19.5. The van der Waals surface area contributed by atoms with Gasteiger partial charge >= 0.3 is 0 Å². The van der Waals surface area contributed by atoms with Gasteiger partial charge < -0.3 is 23.8 Å². The van der Waals surface area contributed by atoms with Crippen molar-refractivity contribution in [2.75, 3.05) is 51.8 Å². The predicted octanol–water partition coefficient (Wildman–Crippen LogP) is 4.64. The van der Waals surface area contributed by atoms with E-state index in [-0.39, 0.29) is 34.7 Å². The van der Waals surface area contributed by atoms with Gasteiger partial charge in [0.25, 0.3) is 5.56 Å². The molecule has 5 heterocycles. The highest BCUT2D eigenvalue weighted by Gasteiger charge is 2.38. The minimum atomic E-state index is -0.349. The molecular weight excluding hydrogens is 697 g/mol. The molecule has 4 aliphatic rings. The van der Waals surface area contributed by atoms with Crippen LogP contribution in [0.5, 0.6) is 11.5 Å². The molecule has 292 valence electrons. The van der Waals surface area contributed by atoms with E-state index in [4.69, 9.17) is 9.47 Å². The van der Waals surface area contributed by atoms with Gasteiger partial charge in [-0.2, -0.15) is 0 Å². The number of fused-ring (bicyclic) bond motifs is 1. The first-order chi connectivity index (χ1) is 26.3.